The highest BCUT2D eigenvalue weighted by molar-refractivity contribution is 5.94. The Kier molecular flexibility index (Phi) is 4.82. The van der Waals surface area contributed by atoms with Crippen molar-refractivity contribution in [1.29, 1.82) is 0 Å². The molecule has 29 heavy (non-hydrogen) atoms. The fourth-order valence-corrected chi connectivity index (χ4v) is 3.21. The number of aromatic nitrogens is 4. The molecule has 4 rings (SSSR count). The molecule has 11 heteroatoms. The summed E-state index contributed by atoms with van der Waals surface area (Å²) >= 11 is 0. The van der Waals surface area contributed by atoms with E-state index in [-0.39, 0.29) is 18.7 Å². The van der Waals surface area contributed by atoms with Gasteiger partial charge in [0.2, 0.25) is 0 Å². The largest absolute Gasteiger partial charge is 0.573 e. The minimum Gasteiger partial charge on any atom is -0.406 e. The van der Waals surface area contributed by atoms with E-state index in [0.29, 0.717) is 18.0 Å². The van der Waals surface area contributed by atoms with Gasteiger partial charge in [-0.05, 0) is 31.2 Å². The molecule has 3 heterocycles. The third-order valence-electron chi connectivity index (χ3n) is 4.41. The molecule has 1 atom stereocenters. The molecule has 1 saturated heterocycles. The van der Waals surface area contributed by atoms with Gasteiger partial charge in [0.25, 0.3) is 11.7 Å². The number of nitrogens with zero attached hydrogens (tertiary/aromatic N) is 5. The second kappa shape index (κ2) is 7.32. The summed E-state index contributed by atoms with van der Waals surface area (Å²) in [5.41, 5.74) is 1.52. The zero-order valence-corrected chi connectivity index (χ0v) is 15.3. The van der Waals surface area contributed by atoms with Crippen molar-refractivity contribution < 1.29 is 27.4 Å². The monoisotopic (exact) mass is 407 g/mol. The molecule has 1 unspecified atom stereocenters. The number of aryl methyl sites for hydroxylation is 1. The number of benzene rings is 1. The summed E-state index contributed by atoms with van der Waals surface area (Å²) < 4.78 is 48.6. The van der Waals surface area contributed by atoms with E-state index < -0.39 is 24.1 Å². The van der Waals surface area contributed by atoms with Gasteiger partial charge in [0, 0.05) is 17.8 Å². The number of hydrogen-bond acceptors (Lipinski definition) is 6. The first-order chi connectivity index (χ1) is 13.8. The standard InChI is InChI=1S/C18H16F3N5O3/c1-11-7-14(26-17(24-11)22-10-23-26)15-9-25(5-6-28-15)16(27)12-3-2-4-13(8-12)29-18(19,20)21/h2-4,7-8,10,15H,5-6,9H2,1H3. The molecule has 1 amide bonds. The van der Waals surface area contributed by atoms with E-state index in [0.717, 1.165) is 17.8 Å². The Labute approximate surface area is 162 Å². The van der Waals surface area contributed by atoms with Crippen LogP contribution in [0.15, 0.2) is 36.7 Å². The van der Waals surface area contributed by atoms with Crippen LogP contribution in [-0.4, -0.2) is 56.4 Å². The molecular weight excluding hydrogens is 391 g/mol. The normalized spacial score (nSPS) is 17.5. The van der Waals surface area contributed by atoms with Crippen molar-refractivity contribution >= 4 is 11.7 Å². The third kappa shape index (κ3) is 4.14. The maximum absolute atomic E-state index is 12.9. The number of halogens is 3. The van der Waals surface area contributed by atoms with Gasteiger partial charge in [0.1, 0.15) is 18.2 Å². The van der Waals surface area contributed by atoms with Crippen LogP contribution in [0.4, 0.5) is 13.2 Å². The Morgan fingerprint density at radius 3 is 2.93 bits per heavy atom. The van der Waals surface area contributed by atoms with E-state index in [2.05, 4.69) is 19.8 Å². The van der Waals surface area contributed by atoms with Crippen molar-refractivity contribution in [2.45, 2.75) is 19.4 Å². The maximum atomic E-state index is 12.9. The SMILES string of the molecule is Cc1cc(C2CN(C(=O)c3cccc(OC(F)(F)F)c3)CCO2)n2ncnc2n1. The average Bonchev–Trinajstić information content (AvgIpc) is 3.14. The van der Waals surface area contributed by atoms with E-state index in [1.54, 1.807) is 10.6 Å². The number of carbonyl (C=O) groups excluding carboxylic acids is 1. The minimum absolute atomic E-state index is 0.101. The Morgan fingerprint density at radius 1 is 1.31 bits per heavy atom. The number of alkyl halides is 3. The lowest BCUT2D eigenvalue weighted by atomic mass is 10.1. The second-order valence-electron chi connectivity index (χ2n) is 6.48. The molecule has 1 aromatic carbocycles. The summed E-state index contributed by atoms with van der Waals surface area (Å²) in [6.07, 6.45) is -3.93. The van der Waals surface area contributed by atoms with E-state index in [9.17, 15) is 18.0 Å². The van der Waals surface area contributed by atoms with Gasteiger partial charge in [-0.2, -0.15) is 14.6 Å². The summed E-state index contributed by atoms with van der Waals surface area (Å²) in [5, 5.41) is 4.15. The fraction of sp³-hybridized carbons (Fsp3) is 0.333. The van der Waals surface area contributed by atoms with Crippen LogP contribution in [0.3, 0.4) is 0 Å². The zero-order valence-electron chi connectivity index (χ0n) is 15.3. The Morgan fingerprint density at radius 2 is 2.14 bits per heavy atom. The first kappa shape index (κ1) is 19.1. The number of rotatable bonds is 3. The quantitative estimate of drug-likeness (QED) is 0.664. The van der Waals surface area contributed by atoms with E-state index in [1.165, 1.54) is 23.4 Å². The second-order valence-corrected chi connectivity index (χ2v) is 6.48. The molecule has 0 saturated carbocycles. The molecule has 2 aromatic heterocycles. The molecule has 0 aliphatic carbocycles. The molecule has 8 nitrogen and oxygen atoms in total. The van der Waals surface area contributed by atoms with E-state index in [4.69, 9.17) is 4.74 Å². The van der Waals surface area contributed by atoms with Gasteiger partial charge >= 0.3 is 6.36 Å². The predicted octanol–water partition coefficient (Wildman–Crippen LogP) is 2.55. The molecular formula is C18H16F3N5O3. The molecule has 0 bridgehead atoms. The molecule has 1 aliphatic rings. The van der Waals surface area contributed by atoms with Crippen molar-refractivity contribution in [3.05, 3.63) is 53.6 Å². The summed E-state index contributed by atoms with van der Waals surface area (Å²) in [7, 11) is 0. The van der Waals surface area contributed by atoms with Gasteiger partial charge in [0.05, 0.1) is 18.8 Å². The number of ether oxygens (including phenoxy) is 2. The van der Waals surface area contributed by atoms with E-state index in [1.807, 2.05) is 6.92 Å². The van der Waals surface area contributed by atoms with Gasteiger partial charge in [-0.3, -0.25) is 4.79 Å². The molecule has 152 valence electrons. The zero-order chi connectivity index (χ0) is 20.6. The summed E-state index contributed by atoms with van der Waals surface area (Å²) in [6.45, 7) is 2.61. The number of hydrogen-bond donors (Lipinski definition) is 0. The number of fused-ring (bicyclic) bond motifs is 1. The average molecular weight is 407 g/mol. The van der Waals surface area contributed by atoms with Crippen molar-refractivity contribution in [3.8, 4) is 5.75 Å². The van der Waals surface area contributed by atoms with Crippen LogP contribution in [0.5, 0.6) is 5.75 Å². The van der Waals surface area contributed by atoms with Crippen molar-refractivity contribution in [1.82, 2.24) is 24.5 Å². The summed E-state index contributed by atoms with van der Waals surface area (Å²) in [6, 6.07) is 6.82. The molecule has 0 spiro atoms. The lowest BCUT2D eigenvalue weighted by Crippen LogP contribution is -2.42. The molecule has 0 radical (unpaired) electrons. The van der Waals surface area contributed by atoms with Crippen LogP contribution >= 0.6 is 0 Å². The summed E-state index contributed by atoms with van der Waals surface area (Å²) in [5.74, 6) is -0.433. The van der Waals surface area contributed by atoms with Crippen LogP contribution < -0.4 is 4.74 Å². The highest BCUT2D eigenvalue weighted by atomic mass is 19.4. The van der Waals surface area contributed by atoms with Gasteiger partial charge in [-0.25, -0.2) is 4.98 Å². The van der Waals surface area contributed by atoms with Crippen LogP contribution in [0.25, 0.3) is 5.78 Å². The van der Waals surface area contributed by atoms with Crippen LogP contribution in [0.1, 0.15) is 27.8 Å². The Hall–Kier alpha value is -3.21. The lowest BCUT2D eigenvalue weighted by molar-refractivity contribution is -0.274. The number of morpholine rings is 1. The van der Waals surface area contributed by atoms with Crippen molar-refractivity contribution in [2.75, 3.05) is 19.7 Å². The highest BCUT2D eigenvalue weighted by Gasteiger charge is 2.32. The van der Waals surface area contributed by atoms with Gasteiger partial charge in [-0.15, -0.1) is 13.2 Å². The third-order valence-corrected chi connectivity index (χ3v) is 4.41. The lowest BCUT2D eigenvalue weighted by Gasteiger charge is -2.33. The van der Waals surface area contributed by atoms with E-state index >= 15 is 0 Å². The smallest absolute Gasteiger partial charge is 0.406 e. The van der Waals surface area contributed by atoms with Crippen LogP contribution in [0.2, 0.25) is 0 Å². The predicted molar refractivity (Wildman–Crippen MR) is 93.2 cm³/mol. The Bertz CT molecular complexity index is 1050. The molecule has 3 aromatic rings. The van der Waals surface area contributed by atoms with Gasteiger partial charge in [0.15, 0.2) is 0 Å². The fourth-order valence-electron chi connectivity index (χ4n) is 3.21. The highest BCUT2D eigenvalue weighted by Crippen LogP contribution is 2.26. The summed E-state index contributed by atoms with van der Waals surface area (Å²) in [4.78, 5) is 22.7. The van der Waals surface area contributed by atoms with Gasteiger partial charge in [-0.1, -0.05) is 6.07 Å². The topological polar surface area (TPSA) is 81.9 Å². The van der Waals surface area contributed by atoms with Crippen LogP contribution in [0, 0.1) is 6.92 Å². The van der Waals surface area contributed by atoms with Gasteiger partial charge < -0.3 is 14.4 Å². The van der Waals surface area contributed by atoms with Crippen LogP contribution in [-0.2, 0) is 4.74 Å². The first-order valence-electron chi connectivity index (χ1n) is 8.74. The maximum Gasteiger partial charge on any atom is 0.573 e. The molecule has 1 fully saturated rings. The van der Waals surface area contributed by atoms with Crippen molar-refractivity contribution in [3.63, 3.8) is 0 Å². The molecule has 0 N–H and O–H groups in total. The first-order valence-corrected chi connectivity index (χ1v) is 8.74. The number of carbonyl (C=O) groups is 1. The molecule has 1 aliphatic heterocycles. The number of amides is 1. The minimum atomic E-state index is -4.83. The Balaban J connectivity index is 1.56. The van der Waals surface area contributed by atoms with Crippen molar-refractivity contribution in [2.24, 2.45) is 0 Å².